The lowest BCUT2D eigenvalue weighted by Gasteiger charge is -2.18. The van der Waals surface area contributed by atoms with Crippen LogP contribution in [-0.4, -0.2) is 26.0 Å². The van der Waals surface area contributed by atoms with Gasteiger partial charge in [-0.25, -0.2) is 0 Å². The molecular weight excluding hydrogens is 271 g/mol. The zero-order valence-corrected chi connectivity index (χ0v) is 10.9. The van der Waals surface area contributed by atoms with Crippen molar-refractivity contribution in [3.8, 4) is 0 Å². The van der Waals surface area contributed by atoms with Crippen molar-refractivity contribution in [3.63, 3.8) is 0 Å². The number of nitrogen functional groups attached to an aromatic ring is 1. The minimum absolute atomic E-state index is 0.153. The molecule has 0 bridgehead atoms. The molecule has 110 valence electrons. The Morgan fingerprint density at radius 1 is 1.30 bits per heavy atom. The highest BCUT2D eigenvalue weighted by molar-refractivity contribution is 5.73. The summed E-state index contributed by atoms with van der Waals surface area (Å²) < 4.78 is 46.4. The first-order valence-corrected chi connectivity index (χ1v) is 6.26. The molecule has 0 atom stereocenters. The van der Waals surface area contributed by atoms with Gasteiger partial charge in [0.05, 0.1) is 19.8 Å². The van der Waals surface area contributed by atoms with Crippen LogP contribution in [0.25, 0.3) is 5.57 Å². The van der Waals surface area contributed by atoms with Crippen molar-refractivity contribution < 1.29 is 22.6 Å². The number of halogens is 3. The van der Waals surface area contributed by atoms with Crippen molar-refractivity contribution >= 4 is 11.3 Å². The predicted octanol–water partition coefficient (Wildman–Crippen LogP) is 3.15. The fourth-order valence-corrected chi connectivity index (χ4v) is 2.11. The van der Waals surface area contributed by atoms with Crippen LogP contribution < -0.4 is 5.73 Å². The first-order valence-electron chi connectivity index (χ1n) is 6.26. The Morgan fingerprint density at radius 3 is 2.75 bits per heavy atom. The van der Waals surface area contributed by atoms with Gasteiger partial charge in [-0.15, -0.1) is 0 Å². The molecule has 3 nitrogen and oxygen atoms in total. The van der Waals surface area contributed by atoms with Crippen LogP contribution in [0.15, 0.2) is 24.3 Å². The van der Waals surface area contributed by atoms with E-state index in [-0.39, 0.29) is 6.61 Å². The molecule has 0 amide bonds. The third-order valence-electron chi connectivity index (χ3n) is 3.03. The van der Waals surface area contributed by atoms with Crippen molar-refractivity contribution in [2.45, 2.75) is 19.2 Å². The van der Waals surface area contributed by atoms with Crippen LogP contribution in [0.3, 0.4) is 0 Å². The summed E-state index contributed by atoms with van der Waals surface area (Å²) in [6.07, 6.45) is -1.69. The number of nitrogens with two attached hydrogens (primary N) is 1. The topological polar surface area (TPSA) is 44.5 Å². The normalized spacial score (nSPS) is 16.1. The lowest BCUT2D eigenvalue weighted by molar-refractivity contribution is -0.176. The summed E-state index contributed by atoms with van der Waals surface area (Å²) in [6, 6.07) is 5.30. The molecular formula is C14H16F3NO2. The molecule has 0 radical (unpaired) electrons. The molecule has 2 N–H and O–H groups in total. The number of ether oxygens (including phenoxy) is 2. The second kappa shape index (κ2) is 6.28. The third kappa shape index (κ3) is 3.98. The fourth-order valence-electron chi connectivity index (χ4n) is 2.11. The highest BCUT2D eigenvalue weighted by atomic mass is 19.4. The van der Waals surface area contributed by atoms with Crippen LogP contribution in [0.1, 0.15) is 17.5 Å². The largest absolute Gasteiger partial charge is 0.411 e. The molecule has 0 saturated heterocycles. The first-order chi connectivity index (χ1) is 9.47. The summed E-state index contributed by atoms with van der Waals surface area (Å²) in [7, 11) is 0. The van der Waals surface area contributed by atoms with Crippen LogP contribution in [0.5, 0.6) is 0 Å². The highest BCUT2D eigenvalue weighted by Gasteiger charge is 2.27. The number of alkyl halides is 3. The van der Waals surface area contributed by atoms with Gasteiger partial charge < -0.3 is 15.2 Å². The van der Waals surface area contributed by atoms with E-state index in [1.807, 2.05) is 12.1 Å². The van der Waals surface area contributed by atoms with Crippen LogP contribution >= 0.6 is 0 Å². The maximum atomic E-state index is 12.1. The number of hydrogen-bond donors (Lipinski definition) is 1. The van der Waals surface area contributed by atoms with Crippen molar-refractivity contribution in [2.75, 3.05) is 25.6 Å². The molecule has 1 aliphatic heterocycles. The Labute approximate surface area is 115 Å². The monoisotopic (exact) mass is 287 g/mol. The molecule has 0 unspecified atom stereocenters. The van der Waals surface area contributed by atoms with Crippen molar-refractivity contribution in [1.82, 2.24) is 0 Å². The molecule has 6 heteroatoms. The lowest BCUT2D eigenvalue weighted by Crippen LogP contribution is -2.17. The van der Waals surface area contributed by atoms with Gasteiger partial charge in [0.15, 0.2) is 0 Å². The molecule has 1 aromatic rings. The van der Waals surface area contributed by atoms with Crippen molar-refractivity contribution in [2.24, 2.45) is 0 Å². The summed E-state index contributed by atoms with van der Waals surface area (Å²) >= 11 is 0. The van der Waals surface area contributed by atoms with E-state index < -0.39 is 12.8 Å². The summed E-state index contributed by atoms with van der Waals surface area (Å²) in [6.45, 7) is -0.320. The highest BCUT2D eigenvalue weighted by Crippen LogP contribution is 2.29. The Morgan fingerprint density at radius 2 is 2.10 bits per heavy atom. The van der Waals surface area contributed by atoms with Gasteiger partial charge >= 0.3 is 6.18 Å². The minimum atomic E-state index is -4.33. The summed E-state index contributed by atoms with van der Waals surface area (Å²) in [5.41, 5.74) is 8.78. The lowest BCUT2D eigenvalue weighted by atomic mass is 9.95. The minimum Gasteiger partial charge on any atom is -0.398 e. The third-order valence-corrected chi connectivity index (χ3v) is 3.03. The van der Waals surface area contributed by atoms with Gasteiger partial charge in [-0.2, -0.15) is 13.2 Å². The molecule has 1 aromatic carbocycles. The second-order valence-electron chi connectivity index (χ2n) is 4.54. The molecule has 0 aromatic heterocycles. The number of benzene rings is 1. The van der Waals surface area contributed by atoms with Gasteiger partial charge in [0.2, 0.25) is 0 Å². The van der Waals surface area contributed by atoms with Crippen LogP contribution in [0.2, 0.25) is 0 Å². The van der Waals surface area contributed by atoms with Crippen molar-refractivity contribution in [3.05, 3.63) is 35.4 Å². The van der Waals surface area contributed by atoms with E-state index in [9.17, 15) is 13.2 Å². The number of hydrogen-bond acceptors (Lipinski definition) is 3. The second-order valence-corrected chi connectivity index (χ2v) is 4.54. The van der Waals surface area contributed by atoms with E-state index in [0.717, 1.165) is 17.6 Å². The molecule has 20 heavy (non-hydrogen) atoms. The van der Waals surface area contributed by atoms with Crippen molar-refractivity contribution in [1.29, 1.82) is 0 Å². The molecule has 1 aliphatic rings. The predicted molar refractivity (Wildman–Crippen MR) is 70.0 cm³/mol. The quantitative estimate of drug-likeness (QED) is 0.865. The van der Waals surface area contributed by atoms with Gasteiger partial charge in [0.1, 0.15) is 6.61 Å². The average Bonchev–Trinajstić information content (AvgIpc) is 2.40. The number of rotatable bonds is 4. The summed E-state index contributed by atoms with van der Waals surface area (Å²) in [5.74, 6) is 0. The Hall–Kier alpha value is -1.53. The standard InChI is InChI=1S/C14H16F3NO2/c15-14(16,17)9-20-8-12-11(2-1-3-13(12)18)10-4-6-19-7-5-10/h1-4H,5-9,18H2. The van der Waals surface area contributed by atoms with E-state index in [1.165, 1.54) is 0 Å². The maximum absolute atomic E-state index is 12.1. The molecule has 0 spiro atoms. The van der Waals surface area contributed by atoms with Gasteiger partial charge in [-0.05, 0) is 23.6 Å². The van der Waals surface area contributed by atoms with Crippen LogP contribution in [0.4, 0.5) is 18.9 Å². The van der Waals surface area contributed by atoms with Gasteiger partial charge in [-0.3, -0.25) is 0 Å². The van der Waals surface area contributed by atoms with E-state index in [2.05, 4.69) is 0 Å². The zero-order valence-electron chi connectivity index (χ0n) is 10.9. The van der Waals surface area contributed by atoms with E-state index in [1.54, 1.807) is 12.1 Å². The molecule has 0 aliphatic carbocycles. The van der Waals surface area contributed by atoms with E-state index in [4.69, 9.17) is 15.2 Å². The zero-order chi connectivity index (χ0) is 14.6. The van der Waals surface area contributed by atoms with Gasteiger partial charge in [0.25, 0.3) is 0 Å². The molecule has 2 rings (SSSR count). The molecule has 0 fully saturated rings. The van der Waals surface area contributed by atoms with Gasteiger partial charge in [0, 0.05) is 11.3 Å². The van der Waals surface area contributed by atoms with Crippen LogP contribution in [-0.2, 0) is 16.1 Å². The van der Waals surface area contributed by atoms with E-state index in [0.29, 0.717) is 24.5 Å². The molecule has 1 heterocycles. The Kier molecular flexibility index (Phi) is 4.67. The Bertz CT molecular complexity index is 498. The van der Waals surface area contributed by atoms with Gasteiger partial charge in [-0.1, -0.05) is 18.2 Å². The van der Waals surface area contributed by atoms with E-state index >= 15 is 0 Å². The summed E-state index contributed by atoms with van der Waals surface area (Å²) in [4.78, 5) is 0. The molecule has 0 saturated carbocycles. The Balaban J connectivity index is 2.16. The average molecular weight is 287 g/mol. The first kappa shape index (κ1) is 14.9. The smallest absolute Gasteiger partial charge is 0.398 e. The number of anilines is 1. The maximum Gasteiger partial charge on any atom is 0.411 e. The van der Waals surface area contributed by atoms with Crippen LogP contribution in [0, 0.1) is 0 Å². The SMILES string of the molecule is Nc1cccc(C2=CCOCC2)c1COCC(F)(F)F. The fraction of sp³-hybridized carbons (Fsp3) is 0.429. The summed E-state index contributed by atoms with van der Waals surface area (Å²) in [5, 5.41) is 0.